The molecule has 5 heteroatoms. The molecular formula is C22H25NO4. The standard InChI is InChI=1S/C22H25NO4/c1-22(2,3)27-21(26)23-14-18(13-19(23)20(24)25)17-11-7-10-16(12-17)15-8-5-4-6-9-15/h4-12,18-19H,13-14H2,1-3H3,(H,24,25). The summed E-state index contributed by atoms with van der Waals surface area (Å²) in [6.07, 6.45) is -0.191. The first-order chi connectivity index (χ1) is 12.7. The van der Waals surface area contributed by atoms with Crippen molar-refractivity contribution in [2.75, 3.05) is 6.54 Å². The third kappa shape index (κ3) is 4.48. The maximum absolute atomic E-state index is 12.5. The molecule has 0 aliphatic carbocycles. The van der Waals surface area contributed by atoms with Crippen LogP contribution in [0.25, 0.3) is 11.1 Å². The summed E-state index contributed by atoms with van der Waals surface area (Å²) in [5.41, 5.74) is 2.56. The summed E-state index contributed by atoms with van der Waals surface area (Å²) in [5, 5.41) is 9.58. The first-order valence-corrected chi connectivity index (χ1v) is 9.12. The van der Waals surface area contributed by atoms with Crippen molar-refractivity contribution < 1.29 is 19.4 Å². The number of likely N-dealkylation sites (tertiary alicyclic amines) is 1. The lowest BCUT2D eigenvalue weighted by Gasteiger charge is -2.26. The van der Waals surface area contributed by atoms with Crippen molar-refractivity contribution in [3.05, 3.63) is 60.2 Å². The summed E-state index contributed by atoms with van der Waals surface area (Å²) >= 11 is 0. The average molecular weight is 367 g/mol. The van der Waals surface area contributed by atoms with Crippen LogP contribution in [0, 0.1) is 0 Å². The molecule has 0 radical (unpaired) electrons. The number of ether oxygens (including phenoxy) is 1. The third-order valence-corrected chi connectivity index (χ3v) is 4.68. The number of hydrogen-bond donors (Lipinski definition) is 1. The lowest BCUT2D eigenvalue weighted by atomic mass is 9.93. The minimum Gasteiger partial charge on any atom is -0.480 e. The second-order valence-electron chi connectivity index (χ2n) is 7.91. The Morgan fingerprint density at radius 3 is 2.33 bits per heavy atom. The highest BCUT2D eigenvalue weighted by molar-refractivity contribution is 5.81. The van der Waals surface area contributed by atoms with Crippen molar-refractivity contribution in [3.63, 3.8) is 0 Å². The summed E-state index contributed by atoms with van der Waals surface area (Å²) < 4.78 is 5.40. The Labute approximate surface area is 159 Å². The molecule has 0 saturated carbocycles. The van der Waals surface area contributed by atoms with E-state index < -0.39 is 23.7 Å². The van der Waals surface area contributed by atoms with Gasteiger partial charge in [-0.05, 0) is 43.9 Å². The molecule has 3 rings (SSSR count). The van der Waals surface area contributed by atoms with Gasteiger partial charge >= 0.3 is 12.1 Å². The average Bonchev–Trinajstić information content (AvgIpc) is 3.07. The van der Waals surface area contributed by atoms with Gasteiger partial charge in [-0.15, -0.1) is 0 Å². The van der Waals surface area contributed by atoms with Crippen LogP contribution in [0.2, 0.25) is 0 Å². The van der Waals surface area contributed by atoms with E-state index in [2.05, 4.69) is 6.07 Å². The summed E-state index contributed by atoms with van der Waals surface area (Å²) in [6.45, 7) is 5.66. The molecule has 2 aromatic rings. The number of carboxylic acid groups (broad SMARTS) is 1. The van der Waals surface area contributed by atoms with Crippen LogP contribution in [0.1, 0.15) is 38.7 Å². The Morgan fingerprint density at radius 2 is 1.70 bits per heavy atom. The minimum absolute atomic E-state index is 0.0396. The topological polar surface area (TPSA) is 66.8 Å². The van der Waals surface area contributed by atoms with Gasteiger partial charge in [0.1, 0.15) is 11.6 Å². The van der Waals surface area contributed by atoms with E-state index >= 15 is 0 Å². The molecule has 0 spiro atoms. The van der Waals surface area contributed by atoms with Crippen molar-refractivity contribution >= 4 is 12.1 Å². The number of carboxylic acids is 1. The Kier molecular flexibility index (Phi) is 5.22. The van der Waals surface area contributed by atoms with Crippen molar-refractivity contribution in [3.8, 4) is 11.1 Å². The first kappa shape index (κ1) is 19.0. The highest BCUT2D eigenvalue weighted by atomic mass is 16.6. The molecular weight excluding hydrogens is 342 g/mol. The zero-order chi connectivity index (χ0) is 19.6. The first-order valence-electron chi connectivity index (χ1n) is 9.12. The maximum Gasteiger partial charge on any atom is 0.411 e. The summed E-state index contributed by atoms with van der Waals surface area (Å²) in [7, 11) is 0. The van der Waals surface area contributed by atoms with E-state index in [1.54, 1.807) is 20.8 Å². The molecule has 1 aliphatic heterocycles. The molecule has 5 nitrogen and oxygen atoms in total. The third-order valence-electron chi connectivity index (χ3n) is 4.68. The maximum atomic E-state index is 12.5. The fourth-order valence-electron chi connectivity index (χ4n) is 3.44. The molecule has 1 saturated heterocycles. The van der Waals surface area contributed by atoms with Crippen LogP contribution in [-0.4, -0.2) is 40.3 Å². The molecule has 142 valence electrons. The van der Waals surface area contributed by atoms with Gasteiger partial charge < -0.3 is 9.84 Å². The fourth-order valence-corrected chi connectivity index (χ4v) is 3.44. The van der Waals surface area contributed by atoms with E-state index in [9.17, 15) is 14.7 Å². The normalized spacial score (nSPS) is 19.7. The number of hydrogen-bond acceptors (Lipinski definition) is 3. The SMILES string of the molecule is CC(C)(C)OC(=O)N1CC(c2cccc(-c3ccccc3)c2)CC1C(=O)O. The summed E-state index contributed by atoms with van der Waals surface area (Å²) in [6, 6.07) is 17.3. The molecule has 2 atom stereocenters. The van der Waals surface area contributed by atoms with Crippen LogP contribution in [0.5, 0.6) is 0 Å². The number of rotatable bonds is 3. The van der Waals surface area contributed by atoms with Crippen LogP contribution >= 0.6 is 0 Å². The van der Waals surface area contributed by atoms with Gasteiger partial charge in [0.05, 0.1) is 0 Å². The predicted molar refractivity (Wildman–Crippen MR) is 104 cm³/mol. The highest BCUT2D eigenvalue weighted by Crippen LogP contribution is 2.34. The van der Waals surface area contributed by atoms with Crippen LogP contribution < -0.4 is 0 Å². The molecule has 0 bridgehead atoms. The Morgan fingerprint density at radius 1 is 1.04 bits per heavy atom. The lowest BCUT2D eigenvalue weighted by molar-refractivity contribution is -0.142. The quantitative estimate of drug-likeness (QED) is 0.865. The van der Waals surface area contributed by atoms with Gasteiger partial charge in [0.15, 0.2) is 0 Å². The van der Waals surface area contributed by atoms with E-state index in [-0.39, 0.29) is 5.92 Å². The fraction of sp³-hybridized carbons (Fsp3) is 0.364. The Hall–Kier alpha value is -2.82. The number of benzene rings is 2. The van der Waals surface area contributed by atoms with E-state index in [0.717, 1.165) is 16.7 Å². The Bertz CT molecular complexity index is 826. The second-order valence-corrected chi connectivity index (χ2v) is 7.91. The number of carbonyl (C=O) groups is 2. The molecule has 0 aromatic heterocycles. The zero-order valence-corrected chi connectivity index (χ0v) is 15.9. The highest BCUT2D eigenvalue weighted by Gasteiger charge is 2.42. The summed E-state index contributed by atoms with van der Waals surface area (Å²) in [4.78, 5) is 25.5. The zero-order valence-electron chi connectivity index (χ0n) is 15.9. The number of nitrogens with zero attached hydrogens (tertiary/aromatic N) is 1. The van der Waals surface area contributed by atoms with Crippen LogP contribution in [0.3, 0.4) is 0 Å². The van der Waals surface area contributed by atoms with Crippen molar-refractivity contribution in [2.24, 2.45) is 0 Å². The Balaban J connectivity index is 1.84. The smallest absolute Gasteiger partial charge is 0.411 e. The monoisotopic (exact) mass is 367 g/mol. The predicted octanol–water partition coefficient (Wildman–Crippen LogP) is 4.53. The van der Waals surface area contributed by atoms with Crippen molar-refractivity contribution in [1.29, 1.82) is 0 Å². The molecule has 1 N–H and O–H groups in total. The molecule has 2 unspecified atom stereocenters. The molecule has 2 aromatic carbocycles. The van der Waals surface area contributed by atoms with Crippen molar-refractivity contribution in [1.82, 2.24) is 4.90 Å². The van der Waals surface area contributed by atoms with Gasteiger partial charge in [-0.3, -0.25) is 4.90 Å². The van der Waals surface area contributed by atoms with Crippen LogP contribution in [0.4, 0.5) is 4.79 Å². The number of aliphatic carboxylic acids is 1. The minimum atomic E-state index is -0.998. The molecule has 27 heavy (non-hydrogen) atoms. The largest absolute Gasteiger partial charge is 0.480 e. The van der Waals surface area contributed by atoms with E-state index in [1.165, 1.54) is 4.90 Å². The molecule has 1 aliphatic rings. The molecule has 1 amide bonds. The van der Waals surface area contributed by atoms with Crippen LogP contribution in [-0.2, 0) is 9.53 Å². The van der Waals surface area contributed by atoms with E-state index in [0.29, 0.717) is 13.0 Å². The molecule has 1 fully saturated rings. The van der Waals surface area contributed by atoms with Gasteiger partial charge in [0.25, 0.3) is 0 Å². The van der Waals surface area contributed by atoms with Gasteiger partial charge in [-0.25, -0.2) is 9.59 Å². The molecule has 1 heterocycles. The van der Waals surface area contributed by atoms with Gasteiger partial charge in [0.2, 0.25) is 0 Å². The van der Waals surface area contributed by atoms with E-state index in [4.69, 9.17) is 4.74 Å². The van der Waals surface area contributed by atoms with E-state index in [1.807, 2.05) is 48.5 Å². The number of amides is 1. The van der Waals surface area contributed by atoms with Gasteiger partial charge in [-0.1, -0.05) is 54.6 Å². The van der Waals surface area contributed by atoms with Crippen molar-refractivity contribution in [2.45, 2.75) is 44.8 Å². The number of carbonyl (C=O) groups excluding carboxylic acids is 1. The summed E-state index contributed by atoms with van der Waals surface area (Å²) in [5.74, 6) is -1.04. The van der Waals surface area contributed by atoms with Gasteiger partial charge in [-0.2, -0.15) is 0 Å². The second kappa shape index (κ2) is 7.43. The van der Waals surface area contributed by atoms with Gasteiger partial charge in [0, 0.05) is 12.5 Å². The van der Waals surface area contributed by atoms with Crippen LogP contribution in [0.15, 0.2) is 54.6 Å². The lowest BCUT2D eigenvalue weighted by Crippen LogP contribution is -2.43.